The standard InChI is InChI=1S/C29H30F4N4O/c1-16(2)18(4)37-10-9-21(17(3)14-37)23-15-36(5)28-25(23)26(29(31,32)33)20(13-35-28)11-24(38)22-8-6-7-19(12-34)27(22)30/h6-8,13,15-17,21H,4,9-11,14H2,1-3,5H3/t17-,21+/m0/s1. The maximum absolute atomic E-state index is 14.7. The van der Waals surface area contributed by atoms with Crippen molar-refractivity contribution in [1.82, 2.24) is 14.5 Å². The zero-order valence-corrected chi connectivity index (χ0v) is 21.9. The van der Waals surface area contributed by atoms with Gasteiger partial charge >= 0.3 is 6.18 Å². The maximum Gasteiger partial charge on any atom is 0.417 e. The molecule has 5 nitrogen and oxygen atoms in total. The highest BCUT2D eigenvalue weighted by atomic mass is 19.4. The fraction of sp³-hybridized carbons (Fsp3) is 0.414. The zero-order valence-electron chi connectivity index (χ0n) is 21.9. The van der Waals surface area contributed by atoms with Gasteiger partial charge in [-0.3, -0.25) is 4.79 Å². The van der Waals surface area contributed by atoms with Crippen LogP contribution in [0.25, 0.3) is 11.0 Å². The van der Waals surface area contributed by atoms with E-state index < -0.39 is 35.3 Å². The summed E-state index contributed by atoms with van der Waals surface area (Å²) in [6.45, 7) is 11.7. The molecule has 3 heterocycles. The highest BCUT2D eigenvalue weighted by Gasteiger charge is 2.40. The average Bonchev–Trinajstić information content (AvgIpc) is 3.18. The smallest absolute Gasteiger partial charge is 0.375 e. The molecule has 2 atom stereocenters. The minimum absolute atomic E-state index is 0.00969. The molecule has 0 bridgehead atoms. The zero-order chi connectivity index (χ0) is 27.9. The number of rotatable bonds is 6. The number of Topliss-reactive ketones (excluding diaryl/α,β-unsaturated/α-hetero) is 1. The molecule has 1 fully saturated rings. The molecule has 38 heavy (non-hydrogen) atoms. The first kappa shape index (κ1) is 27.4. The summed E-state index contributed by atoms with van der Waals surface area (Å²) in [5.74, 6) is -1.70. The second kappa shape index (κ2) is 10.2. The molecule has 0 radical (unpaired) electrons. The van der Waals surface area contributed by atoms with Crippen molar-refractivity contribution in [2.24, 2.45) is 18.9 Å². The number of fused-ring (bicyclic) bond motifs is 1. The van der Waals surface area contributed by atoms with Gasteiger partial charge in [0, 0.05) is 50.0 Å². The van der Waals surface area contributed by atoms with Crippen molar-refractivity contribution in [1.29, 1.82) is 5.26 Å². The third-order valence-corrected chi connectivity index (χ3v) is 7.52. The van der Waals surface area contributed by atoms with Crippen molar-refractivity contribution >= 4 is 16.8 Å². The molecule has 0 amide bonds. The van der Waals surface area contributed by atoms with Gasteiger partial charge < -0.3 is 9.47 Å². The molecule has 0 aliphatic carbocycles. The largest absolute Gasteiger partial charge is 0.417 e. The number of ketones is 1. The Morgan fingerprint density at radius 1 is 1.32 bits per heavy atom. The summed E-state index contributed by atoms with van der Waals surface area (Å²) in [6, 6.07) is 5.36. The molecule has 0 spiro atoms. The van der Waals surface area contributed by atoms with E-state index in [1.54, 1.807) is 23.9 Å². The first-order chi connectivity index (χ1) is 17.8. The van der Waals surface area contributed by atoms with Crippen LogP contribution in [0.1, 0.15) is 65.7 Å². The first-order valence-electron chi connectivity index (χ1n) is 12.5. The van der Waals surface area contributed by atoms with E-state index in [9.17, 15) is 22.4 Å². The number of nitrogens with zero attached hydrogens (tertiary/aromatic N) is 4. The normalized spacial score (nSPS) is 18.2. The van der Waals surface area contributed by atoms with Crippen molar-refractivity contribution in [2.45, 2.75) is 45.7 Å². The molecule has 2 aromatic heterocycles. The van der Waals surface area contributed by atoms with Gasteiger partial charge in [-0.2, -0.15) is 18.4 Å². The Hall–Kier alpha value is -3.67. The Kier molecular flexibility index (Phi) is 7.37. The van der Waals surface area contributed by atoms with E-state index in [0.29, 0.717) is 25.1 Å². The molecule has 1 aliphatic rings. The van der Waals surface area contributed by atoms with Crippen molar-refractivity contribution in [2.75, 3.05) is 13.1 Å². The van der Waals surface area contributed by atoms with Crippen LogP contribution in [0.5, 0.6) is 0 Å². The first-order valence-corrected chi connectivity index (χ1v) is 12.5. The third kappa shape index (κ3) is 4.92. The van der Waals surface area contributed by atoms with Gasteiger partial charge in [0.2, 0.25) is 0 Å². The lowest BCUT2D eigenvalue weighted by Crippen LogP contribution is -2.38. The van der Waals surface area contributed by atoms with Crippen LogP contribution in [0.4, 0.5) is 17.6 Å². The number of aromatic nitrogens is 2. The number of carbonyl (C=O) groups is 1. The van der Waals surface area contributed by atoms with Gasteiger partial charge in [-0.1, -0.05) is 33.4 Å². The number of allylic oxidation sites excluding steroid dienone is 1. The molecule has 1 aromatic carbocycles. The minimum Gasteiger partial charge on any atom is -0.375 e. The summed E-state index contributed by atoms with van der Waals surface area (Å²) in [5, 5.41) is 9.06. The molecule has 1 aliphatic heterocycles. The van der Waals surface area contributed by atoms with Crippen molar-refractivity contribution < 1.29 is 22.4 Å². The molecule has 4 rings (SSSR count). The molecule has 3 aromatic rings. The van der Waals surface area contributed by atoms with Crippen LogP contribution in [0.2, 0.25) is 0 Å². The molecule has 0 N–H and O–H groups in total. The summed E-state index contributed by atoms with van der Waals surface area (Å²) >= 11 is 0. The van der Waals surface area contributed by atoms with Gasteiger partial charge in [0.25, 0.3) is 0 Å². The van der Waals surface area contributed by atoms with Gasteiger partial charge in [0.15, 0.2) is 11.6 Å². The Morgan fingerprint density at radius 3 is 2.63 bits per heavy atom. The van der Waals surface area contributed by atoms with E-state index in [-0.39, 0.29) is 39.9 Å². The number of nitriles is 1. The predicted molar refractivity (Wildman–Crippen MR) is 137 cm³/mol. The number of carbonyl (C=O) groups excluding carboxylic acids is 1. The Balaban J connectivity index is 1.79. The monoisotopic (exact) mass is 526 g/mol. The Bertz CT molecular complexity index is 1450. The number of piperidine rings is 1. The lowest BCUT2D eigenvalue weighted by atomic mass is 9.80. The Morgan fingerprint density at radius 2 is 2.03 bits per heavy atom. The fourth-order valence-electron chi connectivity index (χ4n) is 5.49. The second-order valence-corrected chi connectivity index (χ2v) is 10.4. The van der Waals surface area contributed by atoms with Crippen LogP contribution in [0.3, 0.4) is 0 Å². The molecule has 1 saturated heterocycles. The molecule has 200 valence electrons. The summed E-state index contributed by atoms with van der Waals surface area (Å²) in [6.07, 6.45) is -2.05. The molecule has 0 saturated carbocycles. The van der Waals surface area contributed by atoms with E-state index in [0.717, 1.165) is 11.9 Å². The van der Waals surface area contributed by atoms with Crippen molar-refractivity contribution in [3.8, 4) is 6.07 Å². The van der Waals surface area contributed by atoms with Crippen molar-refractivity contribution in [3.63, 3.8) is 0 Å². The number of pyridine rings is 1. The van der Waals surface area contributed by atoms with Crippen LogP contribution < -0.4 is 0 Å². The fourth-order valence-corrected chi connectivity index (χ4v) is 5.49. The number of aryl methyl sites for hydroxylation is 1. The van der Waals surface area contributed by atoms with Crippen LogP contribution >= 0.6 is 0 Å². The molecular weight excluding hydrogens is 496 g/mol. The van der Waals surface area contributed by atoms with Crippen LogP contribution in [-0.4, -0.2) is 33.3 Å². The topological polar surface area (TPSA) is 61.9 Å². The SMILES string of the molecule is C=C(C(C)C)N1CC[C@@H](c2cn(C)c3ncc(CC(=O)c4cccc(C#N)c4F)c(C(F)(F)F)c23)[C@@H](C)C1. The number of hydrogen-bond acceptors (Lipinski definition) is 4. The summed E-state index contributed by atoms with van der Waals surface area (Å²) in [7, 11) is 1.66. The van der Waals surface area contributed by atoms with Gasteiger partial charge in [-0.25, -0.2) is 9.37 Å². The van der Waals surface area contributed by atoms with E-state index in [4.69, 9.17) is 5.26 Å². The van der Waals surface area contributed by atoms with Gasteiger partial charge in [-0.05, 0) is 47.4 Å². The highest BCUT2D eigenvalue weighted by Crippen LogP contribution is 2.44. The number of halogens is 4. The molecule has 0 unspecified atom stereocenters. The van der Waals surface area contributed by atoms with E-state index in [1.165, 1.54) is 18.2 Å². The summed E-state index contributed by atoms with van der Waals surface area (Å²) in [4.78, 5) is 19.5. The van der Waals surface area contributed by atoms with Crippen molar-refractivity contribution in [3.05, 3.63) is 76.5 Å². The predicted octanol–water partition coefficient (Wildman–Crippen LogP) is 6.62. The lowest BCUT2D eigenvalue weighted by molar-refractivity contribution is -0.136. The van der Waals surface area contributed by atoms with Crippen LogP contribution in [0.15, 0.2) is 42.9 Å². The maximum atomic E-state index is 14.7. The third-order valence-electron chi connectivity index (χ3n) is 7.52. The minimum atomic E-state index is -4.77. The van der Waals surface area contributed by atoms with Gasteiger partial charge in [-0.15, -0.1) is 0 Å². The van der Waals surface area contributed by atoms with Crippen LogP contribution in [0, 0.1) is 29.0 Å². The lowest BCUT2D eigenvalue weighted by Gasteiger charge is -2.40. The highest BCUT2D eigenvalue weighted by molar-refractivity contribution is 5.99. The number of likely N-dealkylation sites (tertiary alicyclic amines) is 1. The van der Waals surface area contributed by atoms with Gasteiger partial charge in [0.05, 0.1) is 16.7 Å². The van der Waals surface area contributed by atoms with Gasteiger partial charge in [0.1, 0.15) is 11.7 Å². The number of alkyl halides is 3. The molecule has 9 heteroatoms. The Labute approximate surface area is 219 Å². The van der Waals surface area contributed by atoms with E-state index >= 15 is 0 Å². The second-order valence-electron chi connectivity index (χ2n) is 10.4. The summed E-state index contributed by atoms with van der Waals surface area (Å²) < 4.78 is 60.2. The van der Waals surface area contributed by atoms with E-state index in [1.807, 2.05) is 6.92 Å². The van der Waals surface area contributed by atoms with E-state index in [2.05, 4.69) is 30.3 Å². The number of hydrogen-bond donors (Lipinski definition) is 0. The summed E-state index contributed by atoms with van der Waals surface area (Å²) in [5.41, 5.74) is -0.242. The quantitative estimate of drug-likeness (QED) is 0.267. The molecular formula is C29H30F4N4O. The number of benzene rings is 1. The average molecular weight is 527 g/mol. The van der Waals surface area contributed by atoms with Crippen LogP contribution in [-0.2, 0) is 19.6 Å².